The SMILES string of the molecule is COC(=O)CCc1csc(-c2cccc(C(F)F)c2)n1. The molecule has 0 aliphatic rings. The number of esters is 1. The van der Waals surface area contributed by atoms with Gasteiger partial charge in [0.15, 0.2) is 0 Å². The summed E-state index contributed by atoms with van der Waals surface area (Å²) in [6, 6.07) is 6.16. The van der Waals surface area contributed by atoms with Crippen LogP contribution in [0.5, 0.6) is 0 Å². The highest BCUT2D eigenvalue weighted by atomic mass is 32.1. The summed E-state index contributed by atoms with van der Waals surface area (Å²) >= 11 is 1.37. The largest absolute Gasteiger partial charge is 0.469 e. The fraction of sp³-hybridized carbons (Fsp3) is 0.286. The molecule has 20 heavy (non-hydrogen) atoms. The van der Waals surface area contributed by atoms with Gasteiger partial charge in [-0.05, 0) is 6.07 Å². The summed E-state index contributed by atoms with van der Waals surface area (Å²) in [5.41, 5.74) is 1.41. The lowest BCUT2D eigenvalue weighted by Crippen LogP contribution is -2.01. The number of thiazole rings is 1. The maximum Gasteiger partial charge on any atom is 0.305 e. The van der Waals surface area contributed by atoms with Crippen molar-refractivity contribution in [1.82, 2.24) is 4.98 Å². The Hall–Kier alpha value is -1.82. The van der Waals surface area contributed by atoms with E-state index in [-0.39, 0.29) is 18.0 Å². The van der Waals surface area contributed by atoms with Crippen molar-refractivity contribution in [3.63, 3.8) is 0 Å². The maximum absolute atomic E-state index is 12.6. The number of aromatic nitrogens is 1. The van der Waals surface area contributed by atoms with E-state index in [0.29, 0.717) is 17.0 Å². The second-order valence-corrected chi connectivity index (χ2v) is 5.00. The Morgan fingerprint density at radius 2 is 2.25 bits per heavy atom. The van der Waals surface area contributed by atoms with Crippen molar-refractivity contribution in [3.05, 3.63) is 40.9 Å². The van der Waals surface area contributed by atoms with Crippen LogP contribution in [0.15, 0.2) is 29.6 Å². The van der Waals surface area contributed by atoms with E-state index in [4.69, 9.17) is 0 Å². The number of methoxy groups -OCH3 is 1. The molecule has 0 radical (unpaired) electrons. The Kier molecular flexibility index (Phi) is 4.79. The molecule has 0 aliphatic carbocycles. The van der Waals surface area contributed by atoms with Crippen molar-refractivity contribution in [2.75, 3.05) is 7.11 Å². The summed E-state index contributed by atoms with van der Waals surface area (Å²) in [6.45, 7) is 0. The Bertz CT molecular complexity index is 598. The van der Waals surface area contributed by atoms with Crippen LogP contribution in [0.25, 0.3) is 10.6 Å². The van der Waals surface area contributed by atoms with Crippen molar-refractivity contribution < 1.29 is 18.3 Å². The number of hydrogen-bond acceptors (Lipinski definition) is 4. The zero-order valence-electron chi connectivity index (χ0n) is 10.8. The Morgan fingerprint density at radius 3 is 2.95 bits per heavy atom. The van der Waals surface area contributed by atoms with Crippen LogP contribution in [0.4, 0.5) is 8.78 Å². The van der Waals surface area contributed by atoms with Gasteiger partial charge in [-0.15, -0.1) is 11.3 Å². The topological polar surface area (TPSA) is 39.2 Å². The smallest absolute Gasteiger partial charge is 0.305 e. The van der Waals surface area contributed by atoms with E-state index in [1.54, 1.807) is 12.1 Å². The van der Waals surface area contributed by atoms with E-state index in [1.165, 1.54) is 30.6 Å². The molecule has 1 heterocycles. The molecule has 2 rings (SSSR count). The first-order valence-corrected chi connectivity index (χ1v) is 6.88. The molecule has 0 saturated heterocycles. The van der Waals surface area contributed by atoms with Gasteiger partial charge >= 0.3 is 5.97 Å². The first-order valence-electron chi connectivity index (χ1n) is 6.00. The summed E-state index contributed by atoms with van der Waals surface area (Å²) in [5, 5.41) is 2.50. The predicted molar refractivity (Wildman–Crippen MR) is 72.8 cm³/mol. The molecule has 1 aromatic heterocycles. The molecular formula is C14H13F2NO2S. The van der Waals surface area contributed by atoms with Crippen molar-refractivity contribution in [2.45, 2.75) is 19.3 Å². The van der Waals surface area contributed by atoms with Gasteiger partial charge in [-0.1, -0.05) is 18.2 Å². The standard InChI is InChI=1S/C14H13F2NO2S/c1-19-12(18)6-5-11-8-20-14(17-11)10-4-2-3-9(7-10)13(15)16/h2-4,7-8,13H,5-6H2,1H3. The van der Waals surface area contributed by atoms with Crippen LogP contribution in [0.1, 0.15) is 24.1 Å². The normalized spacial score (nSPS) is 10.8. The van der Waals surface area contributed by atoms with Crippen LogP contribution in [-0.4, -0.2) is 18.1 Å². The van der Waals surface area contributed by atoms with Gasteiger partial charge in [0.25, 0.3) is 6.43 Å². The molecule has 0 fully saturated rings. The Morgan fingerprint density at radius 1 is 1.45 bits per heavy atom. The number of aryl methyl sites for hydroxylation is 1. The lowest BCUT2D eigenvalue weighted by atomic mass is 10.1. The van der Waals surface area contributed by atoms with E-state index >= 15 is 0 Å². The molecule has 0 unspecified atom stereocenters. The van der Waals surface area contributed by atoms with Crippen LogP contribution in [0.3, 0.4) is 0 Å². The number of carbonyl (C=O) groups is 1. The quantitative estimate of drug-likeness (QED) is 0.787. The third-order valence-electron chi connectivity index (χ3n) is 2.75. The van der Waals surface area contributed by atoms with Crippen molar-refractivity contribution in [1.29, 1.82) is 0 Å². The van der Waals surface area contributed by atoms with Crippen molar-refractivity contribution in [2.24, 2.45) is 0 Å². The highest BCUT2D eigenvalue weighted by molar-refractivity contribution is 7.13. The lowest BCUT2D eigenvalue weighted by molar-refractivity contribution is -0.140. The van der Waals surface area contributed by atoms with Crippen LogP contribution >= 0.6 is 11.3 Å². The number of carbonyl (C=O) groups excluding carboxylic acids is 1. The average molecular weight is 297 g/mol. The van der Waals surface area contributed by atoms with E-state index in [0.717, 1.165) is 5.69 Å². The predicted octanol–water partition coefficient (Wildman–Crippen LogP) is 3.85. The average Bonchev–Trinajstić information content (AvgIpc) is 2.93. The Balaban J connectivity index is 2.12. The molecule has 2 aromatic rings. The molecule has 0 aliphatic heterocycles. The minimum absolute atomic E-state index is 0.0196. The minimum Gasteiger partial charge on any atom is -0.469 e. The van der Waals surface area contributed by atoms with E-state index in [1.807, 2.05) is 5.38 Å². The first kappa shape index (κ1) is 14.6. The highest BCUT2D eigenvalue weighted by Crippen LogP contribution is 2.28. The molecule has 0 bridgehead atoms. The monoisotopic (exact) mass is 297 g/mol. The molecule has 106 valence electrons. The van der Waals surface area contributed by atoms with Gasteiger partial charge in [0.05, 0.1) is 19.2 Å². The van der Waals surface area contributed by atoms with E-state index in [2.05, 4.69) is 9.72 Å². The first-order chi connectivity index (χ1) is 9.60. The maximum atomic E-state index is 12.6. The summed E-state index contributed by atoms with van der Waals surface area (Å²) in [4.78, 5) is 15.4. The van der Waals surface area contributed by atoms with Gasteiger partial charge in [-0.25, -0.2) is 13.8 Å². The molecule has 0 amide bonds. The molecule has 6 heteroatoms. The minimum atomic E-state index is -2.49. The van der Waals surface area contributed by atoms with Gasteiger partial charge < -0.3 is 4.74 Å². The number of benzene rings is 1. The van der Waals surface area contributed by atoms with Gasteiger partial charge in [-0.2, -0.15) is 0 Å². The second-order valence-electron chi connectivity index (χ2n) is 4.15. The zero-order chi connectivity index (χ0) is 14.5. The van der Waals surface area contributed by atoms with Gasteiger partial charge in [-0.3, -0.25) is 4.79 Å². The number of hydrogen-bond donors (Lipinski definition) is 0. The molecular weight excluding hydrogens is 284 g/mol. The summed E-state index contributed by atoms with van der Waals surface area (Å²) in [7, 11) is 1.34. The summed E-state index contributed by atoms with van der Waals surface area (Å²) < 4.78 is 29.9. The highest BCUT2D eigenvalue weighted by Gasteiger charge is 2.11. The van der Waals surface area contributed by atoms with E-state index in [9.17, 15) is 13.6 Å². The molecule has 3 nitrogen and oxygen atoms in total. The van der Waals surface area contributed by atoms with Crippen molar-refractivity contribution >= 4 is 17.3 Å². The van der Waals surface area contributed by atoms with Crippen LogP contribution < -0.4 is 0 Å². The molecule has 1 aromatic carbocycles. The summed E-state index contributed by atoms with van der Waals surface area (Å²) in [5.74, 6) is -0.292. The third-order valence-corrected chi connectivity index (χ3v) is 3.69. The van der Waals surface area contributed by atoms with Gasteiger partial charge in [0.2, 0.25) is 0 Å². The van der Waals surface area contributed by atoms with Gasteiger partial charge in [0, 0.05) is 22.9 Å². The zero-order valence-corrected chi connectivity index (χ0v) is 11.6. The fourth-order valence-electron chi connectivity index (χ4n) is 1.69. The molecule has 0 spiro atoms. The van der Waals surface area contributed by atoms with E-state index < -0.39 is 6.43 Å². The third kappa shape index (κ3) is 3.60. The van der Waals surface area contributed by atoms with Crippen LogP contribution in [0.2, 0.25) is 0 Å². The number of ether oxygens (including phenoxy) is 1. The number of nitrogens with zero attached hydrogens (tertiary/aromatic N) is 1. The Labute approximate surface area is 119 Å². The molecule has 0 saturated carbocycles. The fourth-order valence-corrected chi connectivity index (χ4v) is 2.55. The number of alkyl halides is 2. The summed E-state index contributed by atoms with van der Waals surface area (Å²) in [6.07, 6.45) is -1.75. The molecule has 0 N–H and O–H groups in total. The number of rotatable bonds is 5. The van der Waals surface area contributed by atoms with Crippen LogP contribution in [-0.2, 0) is 16.0 Å². The molecule has 0 atom stereocenters. The second kappa shape index (κ2) is 6.56. The van der Waals surface area contributed by atoms with Crippen molar-refractivity contribution in [3.8, 4) is 10.6 Å². The lowest BCUT2D eigenvalue weighted by Gasteiger charge is -2.01. The van der Waals surface area contributed by atoms with Gasteiger partial charge in [0.1, 0.15) is 5.01 Å². The number of halogens is 2. The van der Waals surface area contributed by atoms with Crippen LogP contribution in [0, 0.1) is 0 Å².